The molecule has 0 radical (unpaired) electrons. The number of rotatable bonds is 3. The van der Waals surface area contributed by atoms with Gasteiger partial charge in [0, 0.05) is 12.6 Å². The van der Waals surface area contributed by atoms with Crippen molar-refractivity contribution in [2.75, 3.05) is 13.2 Å². The summed E-state index contributed by atoms with van der Waals surface area (Å²) < 4.78 is 6.32. The second-order valence-electron chi connectivity index (χ2n) is 7.34. The van der Waals surface area contributed by atoms with Gasteiger partial charge in [-0.1, -0.05) is 47.0 Å². The Morgan fingerprint density at radius 2 is 2.17 bits per heavy atom. The Morgan fingerprint density at radius 3 is 2.83 bits per heavy atom. The van der Waals surface area contributed by atoms with Gasteiger partial charge in [0.05, 0.1) is 12.2 Å². The van der Waals surface area contributed by atoms with Crippen molar-refractivity contribution in [1.29, 1.82) is 0 Å². The normalized spacial score (nSPS) is 38.0. The molecule has 1 N–H and O–H groups in total. The minimum atomic E-state index is 0.141. The van der Waals surface area contributed by atoms with Crippen LogP contribution in [0.3, 0.4) is 0 Å². The fourth-order valence-corrected chi connectivity index (χ4v) is 3.72. The van der Waals surface area contributed by atoms with Gasteiger partial charge in [-0.25, -0.2) is 0 Å². The molecule has 2 rings (SSSR count). The van der Waals surface area contributed by atoms with Gasteiger partial charge in [-0.2, -0.15) is 0 Å². The van der Waals surface area contributed by atoms with Gasteiger partial charge in [-0.3, -0.25) is 0 Å². The summed E-state index contributed by atoms with van der Waals surface area (Å²) in [4.78, 5) is 0. The molecule has 0 bridgehead atoms. The van der Waals surface area contributed by atoms with Gasteiger partial charge >= 0.3 is 0 Å². The molecule has 1 saturated heterocycles. The van der Waals surface area contributed by atoms with E-state index in [-0.39, 0.29) is 5.60 Å². The van der Waals surface area contributed by atoms with Crippen LogP contribution in [0.25, 0.3) is 0 Å². The highest BCUT2D eigenvalue weighted by Gasteiger charge is 2.45. The maximum absolute atomic E-state index is 6.32. The Kier molecular flexibility index (Phi) is 4.38. The van der Waals surface area contributed by atoms with E-state index < -0.39 is 0 Å². The molecule has 2 nitrogen and oxygen atoms in total. The van der Waals surface area contributed by atoms with E-state index in [0.717, 1.165) is 19.1 Å². The van der Waals surface area contributed by atoms with E-state index in [0.29, 0.717) is 11.5 Å². The van der Waals surface area contributed by atoms with Crippen LogP contribution in [0, 0.1) is 11.3 Å². The van der Waals surface area contributed by atoms with Crippen LogP contribution in [0.15, 0.2) is 0 Å². The predicted molar refractivity (Wildman–Crippen MR) is 76.8 cm³/mol. The second-order valence-corrected chi connectivity index (χ2v) is 7.34. The van der Waals surface area contributed by atoms with Crippen molar-refractivity contribution in [3.8, 4) is 0 Å². The molecule has 1 spiro atoms. The molecule has 0 aromatic rings. The van der Waals surface area contributed by atoms with Crippen LogP contribution in [0.4, 0.5) is 0 Å². The zero-order valence-corrected chi connectivity index (χ0v) is 12.7. The maximum Gasteiger partial charge on any atom is 0.0838 e. The van der Waals surface area contributed by atoms with E-state index in [1.54, 1.807) is 0 Å². The first kappa shape index (κ1) is 14.3. The van der Waals surface area contributed by atoms with E-state index in [1.807, 2.05) is 0 Å². The average molecular weight is 253 g/mol. The minimum Gasteiger partial charge on any atom is -0.372 e. The van der Waals surface area contributed by atoms with Gasteiger partial charge < -0.3 is 10.1 Å². The highest BCUT2D eigenvalue weighted by molar-refractivity contribution is 5.00. The number of nitrogens with one attached hydrogen (secondary N) is 1. The third-order valence-electron chi connectivity index (χ3n) is 5.22. The lowest BCUT2D eigenvalue weighted by atomic mass is 9.69. The third-order valence-corrected chi connectivity index (χ3v) is 5.22. The van der Waals surface area contributed by atoms with Crippen LogP contribution in [0.1, 0.15) is 66.2 Å². The molecule has 2 heteroatoms. The lowest BCUT2D eigenvalue weighted by Gasteiger charge is -2.50. The molecule has 106 valence electrons. The van der Waals surface area contributed by atoms with Crippen molar-refractivity contribution in [3.63, 3.8) is 0 Å². The van der Waals surface area contributed by atoms with E-state index in [2.05, 4.69) is 33.0 Å². The second kappa shape index (κ2) is 5.50. The van der Waals surface area contributed by atoms with Crippen LogP contribution in [-0.4, -0.2) is 24.8 Å². The van der Waals surface area contributed by atoms with Gasteiger partial charge in [0.1, 0.15) is 0 Å². The Morgan fingerprint density at radius 1 is 1.39 bits per heavy atom. The molecule has 3 unspecified atom stereocenters. The summed E-state index contributed by atoms with van der Waals surface area (Å²) in [6, 6.07) is 0.559. The van der Waals surface area contributed by atoms with Crippen molar-refractivity contribution in [3.05, 3.63) is 0 Å². The summed E-state index contributed by atoms with van der Waals surface area (Å²) in [5.41, 5.74) is 0.564. The minimum absolute atomic E-state index is 0.141. The van der Waals surface area contributed by atoms with Gasteiger partial charge in [0.2, 0.25) is 0 Å². The summed E-state index contributed by atoms with van der Waals surface area (Å²) in [6.07, 6.45) is 7.73. The topological polar surface area (TPSA) is 21.3 Å². The molecule has 1 aliphatic heterocycles. The Balaban J connectivity index is 2.10. The molecule has 1 saturated carbocycles. The SMILES string of the molecule is CCC(C)(C)CC1NCCOC12CCCC(C)C2. The molecule has 2 fully saturated rings. The van der Waals surface area contributed by atoms with Crippen LogP contribution < -0.4 is 5.32 Å². The highest BCUT2D eigenvalue weighted by atomic mass is 16.5. The van der Waals surface area contributed by atoms with Gasteiger partial charge in [-0.15, -0.1) is 0 Å². The van der Waals surface area contributed by atoms with Crippen molar-refractivity contribution in [2.45, 2.75) is 77.9 Å². The van der Waals surface area contributed by atoms with Gasteiger partial charge in [0.25, 0.3) is 0 Å². The largest absolute Gasteiger partial charge is 0.372 e. The van der Waals surface area contributed by atoms with Crippen molar-refractivity contribution < 1.29 is 4.74 Å². The quantitative estimate of drug-likeness (QED) is 0.827. The molecule has 0 amide bonds. The summed E-state index contributed by atoms with van der Waals surface area (Å²) in [5, 5.41) is 3.77. The van der Waals surface area contributed by atoms with Gasteiger partial charge in [0.15, 0.2) is 0 Å². The number of hydrogen-bond donors (Lipinski definition) is 1. The fraction of sp³-hybridized carbons (Fsp3) is 1.00. The van der Waals surface area contributed by atoms with Crippen molar-refractivity contribution in [1.82, 2.24) is 5.32 Å². The molecule has 18 heavy (non-hydrogen) atoms. The molecule has 0 aromatic heterocycles. The number of morpholine rings is 1. The summed E-state index contributed by atoms with van der Waals surface area (Å²) in [5.74, 6) is 0.825. The summed E-state index contributed by atoms with van der Waals surface area (Å²) in [7, 11) is 0. The Bertz CT molecular complexity index is 272. The predicted octanol–water partition coefficient (Wildman–Crippen LogP) is 3.75. The zero-order valence-electron chi connectivity index (χ0n) is 12.7. The first-order chi connectivity index (χ1) is 8.47. The van der Waals surface area contributed by atoms with Crippen molar-refractivity contribution in [2.24, 2.45) is 11.3 Å². The maximum atomic E-state index is 6.32. The molecular weight excluding hydrogens is 222 g/mol. The molecule has 3 atom stereocenters. The fourth-order valence-electron chi connectivity index (χ4n) is 3.72. The summed E-state index contributed by atoms with van der Waals surface area (Å²) in [6.45, 7) is 11.4. The lowest BCUT2D eigenvalue weighted by Crippen LogP contribution is -2.60. The molecule has 1 heterocycles. The molecule has 2 aliphatic rings. The van der Waals surface area contributed by atoms with E-state index >= 15 is 0 Å². The number of hydrogen-bond acceptors (Lipinski definition) is 2. The third kappa shape index (κ3) is 3.08. The van der Waals surface area contributed by atoms with E-state index in [1.165, 1.54) is 38.5 Å². The van der Waals surface area contributed by atoms with Gasteiger partial charge in [-0.05, 0) is 30.6 Å². The highest BCUT2D eigenvalue weighted by Crippen LogP contribution is 2.42. The first-order valence-corrected chi connectivity index (χ1v) is 7.85. The molecular formula is C16H31NO. The van der Waals surface area contributed by atoms with Crippen LogP contribution in [-0.2, 0) is 4.74 Å². The smallest absolute Gasteiger partial charge is 0.0838 e. The zero-order chi connectivity index (χ0) is 13.2. The van der Waals surface area contributed by atoms with Crippen LogP contribution >= 0.6 is 0 Å². The van der Waals surface area contributed by atoms with E-state index in [9.17, 15) is 0 Å². The molecule has 1 aliphatic carbocycles. The van der Waals surface area contributed by atoms with Crippen LogP contribution in [0.5, 0.6) is 0 Å². The Hall–Kier alpha value is -0.0800. The average Bonchev–Trinajstić information content (AvgIpc) is 2.32. The van der Waals surface area contributed by atoms with E-state index in [4.69, 9.17) is 4.74 Å². The van der Waals surface area contributed by atoms with Crippen molar-refractivity contribution >= 4 is 0 Å². The summed E-state index contributed by atoms with van der Waals surface area (Å²) >= 11 is 0. The monoisotopic (exact) mass is 253 g/mol. The number of ether oxygens (including phenoxy) is 1. The Labute approximate surface area is 113 Å². The first-order valence-electron chi connectivity index (χ1n) is 7.85. The lowest BCUT2D eigenvalue weighted by molar-refractivity contribution is -0.133. The van der Waals surface area contributed by atoms with Crippen LogP contribution in [0.2, 0.25) is 0 Å². The standard InChI is InChI=1S/C16H31NO/c1-5-15(3,4)12-14-16(18-10-9-17-14)8-6-7-13(2)11-16/h13-14,17H,5-12H2,1-4H3. The molecule has 0 aromatic carbocycles.